The topological polar surface area (TPSA) is 74.0 Å². The largest absolute Gasteiger partial charge is 0.377 e. The average Bonchev–Trinajstić information content (AvgIpc) is 2.56. The van der Waals surface area contributed by atoms with Gasteiger partial charge >= 0.3 is 0 Å². The van der Waals surface area contributed by atoms with Crippen LogP contribution in [0.4, 0.5) is 5.95 Å². The van der Waals surface area contributed by atoms with Crippen LogP contribution in [0.3, 0.4) is 0 Å². The number of fused-ring (bicyclic) bond motifs is 1. The minimum absolute atomic E-state index is 0.0945. The number of hydrogen-bond donors (Lipinski definition) is 1. The van der Waals surface area contributed by atoms with Gasteiger partial charge in [-0.1, -0.05) is 0 Å². The Balaban J connectivity index is 2.11. The number of hydrogen-bond acceptors (Lipinski definition) is 5. The Bertz CT molecular complexity index is 625. The van der Waals surface area contributed by atoms with Gasteiger partial charge in [-0.05, 0) is 0 Å². The molecule has 1 saturated heterocycles. The van der Waals surface area contributed by atoms with Crippen molar-refractivity contribution in [3.63, 3.8) is 0 Å². The third-order valence-electron chi connectivity index (χ3n) is 2.92. The van der Waals surface area contributed by atoms with Gasteiger partial charge in [0.15, 0.2) is 11.2 Å². The maximum absolute atomic E-state index is 11.9. The van der Waals surface area contributed by atoms with Crippen molar-refractivity contribution in [2.45, 2.75) is 6.04 Å². The number of imidazole rings is 1. The van der Waals surface area contributed by atoms with E-state index in [1.54, 1.807) is 18.7 Å². The van der Waals surface area contributed by atoms with Crippen molar-refractivity contribution in [2.75, 3.05) is 18.5 Å². The Morgan fingerprint density at radius 3 is 2.88 bits per heavy atom. The van der Waals surface area contributed by atoms with Crippen molar-refractivity contribution in [3.05, 3.63) is 16.7 Å². The molecule has 0 saturated carbocycles. The molecule has 7 nitrogen and oxygen atoms in total. The Morgan fingerprint density at radius 2 is 2.24 bits per heavy atom. The molecule has 0 amide bonds. The molecule has 0 aliphatic carbocycles. The summed E-state index contributed by atoms with van der Waals surface area (Å²) in [5.41, 5.74) is 0.888. The fourth-order valence-electron chi connectivity index (χ4n) is 1.80. The quantitative estimate of drug-likeness (QED) is 0.758. The van der Waals surface area contributed by atoms with Gasteiger partial charge in [0.1, 0.15) is 0 Å². The fraction of sp³-hybridized carbons (Fsp3) is 0.500. The van der Waals surface area contributed by atoms with E-state index >= 15 is 0 Å². The summed E-state index contributed by atoms with van der Waals surface area (Å²) in [7, 11) is 3.48. The predicted molar refractivity (Wildman–Crippen MR) is 62.0 cm³/mol. The second-order valence-corrected chi connectivity index (χ2v) is 4.21. The predicted octanol–water partition coefficient (Wildman–Crippen LogP) is -0.522. The van der Waals surface area contributed by atoms with Crippen LogP contribution in [0.5, 0.6) is 0 Å². The van der Waals surface area contributed by atoms with Crippen LogP contribution >= 0.6 is 0 Å². The van der Waals surface area contributed by atoms with Crippen molar-refractivity contribution in [2.24, 2.45) is 14.1 Å². The normalized spacial score (nSPS) is 16.1. The smallest absolute Gasteiger partial charge is 0.279 e. The maximum Gasteiger partial charge on any atom is 0.279 e. The first-order valence-corrected chi connectivity index (χ1v) is 5.39. The third kappa shape index (κ3) is 1.50. The zero-order chi connectivity index (χ0) is 12.0. The monoisotopic (exact) mass is 235 g/mol. The zero-order valence-corrected chi connectivity index (χ0v) is 9.67. The van der Waals surface area contributed by atoms with Crippen molar-refractivity contribution in [3.8, 4) is 0 Å². The van der Waals surface area contributed by atoms with Gasteiger partial charge in [0.05, 0.1) is 25.6 Å². The van der Waals surface area contributed by atoms with Crippen LogP contribution in [0.2, 0.25) is 0 Å². The van der Waals surface area contributed by atoms with Gasteiger partial charge in [0.2, 0.25) is 5.95 Å². The van der Waals surface area contributed by atoms with Gasteiger partial charge in [-0.2, -0.15) is 4.98 Å². The Labute approximate surface area is 97.0 Å². The molecule has 0 spiro atoms. The second-order valence-electron chi connectivity index (χ2n) is 4.21. The molecule has 0 radical (unpaired) electrons. The SMILES string of the molecule is Cn1cnc2nc(NC3COC3)n(C)c2c1=O. The third-order valence-corrected chi connectivity index (χ3v) is 2.92. The number of nitrogens with one attached hydrogen (secondary N) is 1. The van der Waals surface area contributed by atoms with E-state index in [-0.39, 0.29) is 11.6 Å². The Hall–Kier alpha value is -1.89. The number of ether oxygens (including phenoxy) is 1. The molecule has 2 aromatic heterocycles. The van der Waals surface area contributed by atoms with Gasteiger partial charge in [-0.25, -0.2) is 4.98 Å². The summed E-state index contributed by atoms with van der Waals surface area (Å²) < 4.78 is 8.27. The summed E-state index contributed by atoms with van der Waals surface area (Å²) in [5, 5.41) is 3.22. The number of aromatic nitrogens is 4. The number of anilines is 1. The average molecular weight is 235 g/mol. The molecule has 1 aliphatic heterocycles. The molecule has 3 heterocycles. The minimum atomic E-state index is -0.0945. The fourth-order valence-corrected chi connectivity index (χ4v) is 1.80. The lowest BCUT2D eigenvalue weighted by molar-refractivity contribution is 0.0207. The van der Waals surface area contributed by atoms with Gasteiger partial charge in [-0.15, -0.1) is 0 Å². The number of aryl methyl sites for hydroxylation is 2. The molecule has 90 valence electrons. The summed E-state index contributed by atoms with van der Waals surface area (Å²) in [4.78, 5) is 20.4. The zero-order valence-electron chi connectivity index (χ0n) is 9.67. The Morgan fingerprint density at radius 1 is 1.47 bits per heavy atom. The lowest BCUT2D eigenvalue weighted by Gasteiger charge is -2.27. The van der Waals surface area contributed by atoms with Crippen LogP contribution in [0.1, 0.15) is 0 Å². The van der Waals surface area contributed by atoms with E-state index in [2.05, 4.69) is 15.3 Å². The highest BCUT2D eigenvalue weighted by Gasteiger charge is 2.21. The van der Waals surface area contributed by atoms with Crippen LogP contribution in [-0.4, -0.2) is 38.4 Å². The van der Waals surface area contributed by atoms with Crippen molar-refractivity contribution in [1.82, 2.24) is 19.1 Å². The van der Waals surface area contributed by atoms with Crippen LogP contribution in [0.15, 0.2) is 11.1 Å². The van der Waals surface area contributed by atoms with Crippen LogP contribution in [-0.2, 0) is 18.8 Å². The first-order chi connectivity index (χ1) is 8.16. The standard InChI is InChI=1S/C10H13N5O2/c1-14-5-11-8-7(9(14)16)15(2)10(13-8)12-6-3-17-4-6/h5-6H,3-4H2,1-2H3,(H,12,13). The van der Waals surface area contributed by atoms with Gasteiger partial charge in [0.25, 0.3) is 5.56 Å². The first kappa shape index (κ1) is 10.3. The van der Waals surface area contributed by atoms with E-state index < -0.39 is 0 Å². The molecular weight excluding hydrogens is 222 g/mol. The van der Waals surface area contributed by atoms with Crippen molar-refractivity contribution >= 4 is 17.1 Å². The van der Waals surface area contributed by atoms with E-state index in [9.17, 15) is 4.79 Å². The van der Waals surface area contributed by atoms with E-state index in [4.69, 9.17) is 4.74 Å². The molecule has 3 rings (SSSR count). The van der Waals surface area contributed by atoms with Crippen LogP contribution < -0.4 is 10.9 Å². The lowest BCUT2D eigenvalue weighted by atomic mass is 10.3. The minimum Gasteiger partial charge on any atom is -0.377 e. The summed E-state index contributed by atoms with van der Waals surface area (Å²) in [6, 6.07) is 0.273. The van der Waals surface area contributed by atoms with E-state index in [1.807, 2.05) is 0 Å². The van der Waals surface area contributed by atoms with Gasteiger partial charge in [0, 0.05) is 14.1 Å². The molecule has 2 aromatic rings. The summed E-state index contributed by atoms with van der Waals surface area (Å²) in [6.45, 7) is 1.35. The Kier molecular flexibility index (Phi) is 2.15. The maximum atomic E-state index is 11.9. The highest BCUT2D eigenvalue weighted by Crippen LogP contribution is 2.15. The summed E-state index contributed by atoms with van der Waals surface area (Å²) >= 11 is 0. The lowest BCUT2D eigenvalue weighted by Crippen LogP contribution is -2.41. The molecule has 1 fully saturated rings. The number of rotatable bonds is 2. The number of nitrogens with zero attached hydrogens (tertiary/aromatic N) is 4. The molecule has 7 heteroatoms. The molecular formula is C10H13N5O2. The molecule has 0 atom stereocenters. The molecule has 0 unspecified atom stereocenters. The van der Waals surface area contributed by atoms with E-state index in [0.29, 0.717) is 30.3 Å². The highest BCUT2D eigenvalue weighted by atomic mass is 16.5. The van der Waals surface area contributed by atoms with E-state index in [1.165, 1.54) is 10.9 Å². The van der Waals surface area contributed by atoms with Gasteiger partial charge < -0.3 is 19.2 Å². The van der Waals surface area contributed by atoms with Crippen molar-refractivity contribution < 1.29 is 4.74 Å². The van der Waals surface area contributed by atoms with Crippen molar-refractivity contribution in [1.29, 1.82) is 0 Å². The van der Waals surface area contributed by atoms with Crippen LogP contribution in [0, 0.1) is 0 Å². The first-order valence-electron chi connectivity index (χ1n) is 5.39. The molecule has 1 N–H and O–H groups in total. The molecule has 1 aliphatic rings. The summed E-state index contributed by atoms with van der Waals surface area (Å²) in [5.74, 6) is 0.657. The van der Waals surface area contributed by atoms with E-state index in [0.717, 1.165) is 0 Å². The molecule has 0 aromatic carbocycles. The van der Waals surface area contributed by atoms with Gasteiger partial charge in [-0.3, -0.25) is 4.79 Å². The van der Waals surface area contributed by atoms with Crippen LogP contribution in [0.25, 0.3) is 11.2 Å². The second kappa shape index (κ2) is 3.56. The highest BCUT2D eigenvalue weighted by molar-refractivity contribution is 5.73. The molecule has 17 heavy (non-hydrogen) atoms. The summed E-state index contributed by atoms with van der Waals surface area (Å²) in [6.07, 6.45) is 1.48. The molecule has 0 bridgehead atoms.